The van der Waals surface area contributed by atoms with E-state index in [4.69, 9.17) is 0 Å². The van der Waals surface area contributed by atoms with Gasteiger partial charge in [-0.05, 0) is 62.4 Å². The Labute approximate surface area is 168 Å². The molecule has 1 fully saturated rings. The van der Waals surface area contributed by atoms with Crippen LogP contribution in [0.5, 0.6) is 0 Å². The van der Waals surface area contributed by atoms with Gasteiger partial charge in [0.05, 0.1) is 12.6 Å². The number of β-amino-alcohol motifs (C(OH)–C–C–N with tert-alkyl or cyclic N) is 1. The second-order valence-corrected chi connectivity index (χ2v) is 8.84. The smallest absolute Gasteiger partial charge is 0.123 e. The summed E-state index contributed by atoms with van der Waals surface area (Å²) >= 11 is 1.68. The van der Waals surface area contributed by atoms with Gasteiger partial charge in [-0.15, -0.1) is 0 Å². The predicted molar refractivity (Wildman–Crippen MR) is 112 cm³/mol. The summed E-state index contributed by atoms with van der Waals surface area (Å²) in [6.45, 7) is 3.21. The third-order valence-electron chi connectivity index (χ3n) is 6.06. The monoisotopic (exact) mass is 404 g/mol. The van der Waals surface area contributed by atoms with E-state index in [1.54, 1.807) is 24.1 Å². The molecule has 0 radical (unpaired) electrons. The SMILES string of the molecule is CSN(CC(O)Cn1c2ccc(F)cc2c2cc(F)ccc21)C1(C)CCCC1. The number of aromatic nitrogens is 1. The number of aliphatic hydroxyl groups excluding tert-OH is 1. The van der Waals surface area contributed by atoms with Gasteiger partial charge in [0.2, 0.25) is 0 Å². The van der Waals surface area contributed by atoms with Crippen molar-refractivity contribution in [1.29, 1.82) is 0 Å². The highest BCUT2D eigenvalue weighted by atomic mass is 32.2. The fraction of sp³-hybridized carbons (Fsp3) is 0.455. The highest BCUT2D eigenvalue weighted by Crippen LogP contribution is 2.38. The van der Waals surface area contributed by atoms with Gasteiger partial charge in [0.15, 0.2) is 0 Å². The standard InChI is InChI=1S/C22H26F2N2OS/c1-22(9-3-4-10-22)26(28-2)14-17(27)13-25-20-7-5-15(23)11-18(20)19-12-16(24)6-8-21(19)25/h5-8,11-12,17,27H,3-4,9-10,13-14H2,1-2H3. The van der Waals surface area contributed by atoms with Crippen LogP contribution < -0.4 is 0 Å². The van der Waals surface area contributed by atoms with E-state index in [1.807, 2.05) is 4.57 Å². The fourth-order valence-electron chi connectivity index (χ4n) is 4.61. The fourth-order valence-corrected chi connectivity index (χ4v) is 5.55. The molecule has 1 aromatic heterocycles. The van der Waals surface area contributed by atoms with Crippen LogP contribution in [0.25, 0.3) is 21.8 Å². The largest absolute Gasteiger partial charge is 0.390 e. The highest BCUT2D eigenvalue weighted by molar-refractivity contribution is 7.96. The summed E-state index contributed by atoms with van der Waals surface area (Å²) in [7, 11) is 0. The summed E-state index contributed by atoms with van der Waals surface area (Å²) in [5.41, 5.74) is 1.74. The summed E-state index contributed by atoms with van der Waals surface area (Å²) in [6, 6.07) is 9.11. The lowest BCUT2D eigenvalue weighted by molar-refractivity contribution is 0.0997. The number of hydrogen-bond donors (Lipinski definition) is 1. The van der Waals surface area contributed by atoms with Crippen molar-refractivity contribution in [1.82, 2.24) is 8.87 Å². The third kappa shape index (κ3) is 3.53. The molecule has 1 aliphatic carbocycles. The van der Waals surface area contributed by atoms with Crippen LogP contribution in [0.1, 0.15) is 32.6 Å². The molecule has 1 heterocycles. The first-order valence-electron chi connectivity index (χ1n) is 9.78. The zero-order chi connectivity index (χ0) is 19.9. The van der Waals surface area contributed by atoms with E-state index in [1.165, 1.54) is 37.1 Å². The van der Waals surface area contributed by atoms with Gasteiger partial charge in [0, 0.05) is 33.9 Å². The van der Waals surface area contributed by atoms with Crippen LogP contribution in [-0.2, 0) is 6.54 Å². The zero-order valence-electron chi connectivity index (χ0n) is 16.3. The summed E-state index contributed by atoms with van der Waals surface area (Å²) in [6.07, 6.45) is 6.23. The van der Waals surface area contributed by atoms with E-state index in [9.17, 15) is 13.9 Å². The van der Waals surface area contributed by atoms with Gasteiger partial charge in [0.25, 0.3) is 0 Å². The average molecular weight is 405 g/mol. The Balaban J connectivity index is 1.66. The van der Waals surface area contributed by atoms with Crippen LogP contribution in [-0.4, -0.2) is 38.4 Å². The number of halogens is 2. The van der Waals surface area contributed by atoms with Crippen LogP contribution in [0.2, 0.25) is 0 Å². The highest BCUT2D eigenvalue weighted by Gasteiger charge is 2.35. The zero-order valence-corrected chi connectivity index (χ0v) is 17.1. The summed E-state index contributed by atoms with van der Waals surface area (Å²) < 4.78 is 31.9. The number of aliphatic hydroxyl groups is 1. The maximum atomic E-state index is 13.8. The van der Waals surface area contributed by atoms with Crippen molar-refractivity contribution in [2.75, 3.05) is 12.8 Å². The molecule has 1 saturated carbocycles. The minimum absolute atomic E-state index is 0.119. The molecule has 0 spiro atoms. The topological polar surface area (TPSA) is 28.4 Å². The lowest BCUT2D eigenvalue weighted by atomic mass is 10.0. The van der Waals surface area contributed by atoms with E-state index in [-0.39, 0.29) is 17.2 Å². The minimum atomic E-state index is -0.584. The van der Waals surface area contributed by atoms with Crippen molar-refractivity contribution in [2.24, 2.45) is 0 Å². The van der Waals surface area contributed by atoms with Crippen molar-refractivity contribution in [3.63, 3.8) is 0 Å². The Morgan fingerprint density at radius 3 is 2.11 bits per heavy atom. The van der Waals surface area contributed by atoms with E-state index < -0.39 is 6.10 Å². The van der Waals surface area contributed by atoms with Crippen molar-refractivity contribution < 1.29 is 13.9 Å². The quantitative estimate of drug-likeness (QED) is 0.562. The lowest BCUT2D eigenvalue weighted by Gasteiger charge is -2.37. The molecule has 4 rings (SSSR count). The van der Waals surface area contributed by atoms with Crippen molar-refractivity contribution in [3.8, 4) is 0 Å². The molecular formula is C22H26F2N2OS. The molecular weight excluding hydrogens is 378 g/mol. The Morgan fingerprint density at radius 2 is 1.61 bits per heavy atom. The first-order valence-corrected chi connectivity index (χ1v) is 11.0. The van der Waals surface area contributed by atoms with Gasteiger partial charge in [-0.2, -0.15) is 0 Å². The van der Waals surface area contributed by atoms with E-state index in [0.717, 1.165) is 23.9 Å². The van der Waals surface area contributed by atoms with Crippen molar-refractivity contribution in [2.45, 2.75) is 50.8 Å². The van der Waals surface area contributed by atoms with Gasteiger partial charge in [-0.1, -0.05) is 24.8 Å². The molecule has 1 aliphatic rings. The third-order valence-corrected chi connectivity index (χ3v) is 7.09. The van der Waals surface area contributed by atoms with Crippen LogP contribution in [0.15, 0.2) is 36.4 Å². The maximum Gasteiger partial charge on any atom is 0.123 e. The number of rotatable bonds is 6. The molecule has 0 amide bonds. The second-order valence-electron chi connectivity index (χ2n) is 8.04. The van der Waals surface area contributed by atoms with Gasteiger partial charge >= 0.3 is 0 Å². The first-order chi connectivity index (χ1) is 13.4. The minimum Gasteiger partial charge on any atom is -0.390 e. The van der Waals surface area contributed by atoms with Crippen molar-refractivity contribution >= 4 is 33.8 Å². The second kappa shape index (κ2) is 7.65. The molecule has 150 valence electrons. The van der Waals surface area contributed by atoms with Gasteiger partial charge in [-0.25, -0.2) is 13.1 Å². The Kier molecular flexibility index (Phi) is 5.38. The number of benzene rings is 2. The Morgan fingerprint density at radius 1 is 1.07 bits per heavy atom. The maximum absolute atomic E-state index is 13.8. The van der Waals surface area contributed by atoms with E-state index in [0.29, 0.717) is 23.9 Å². The molecule has 1 unspecified atom stereocenters. The average Bonchev–Trinajstić information content (AvgIpc) is 3.23. The molecule has 0 saturated heterocycles. The van der Waals surface area contributed by atoms with E-state index in [2.05, 4.69) is 17.5 Å². The lowest BCUT2D eigenvalue weighted by Crippen LogP contribution is -2.44. The molecule has 0 aliphatic heterocycles. The molecule has 1 atom stereocenters. The van der Waals surface area contributed by atoms with Crippen LogP contribution in [0, 0.1) is 11.6 Å². The van der Waals surface area contributed by atoms with Gasteiger partial charge in [-0.3, -0.25) is 0 Å². The van der Waals surface area contributed by atoms with Crippen molar-refractivity contribution in [3.05, 3.63) is 48.0 Å². The summed E-state index contributed by atoms with van der Waals surface area (Å²) in [4.78, 5) is 0. The molecule has 28 heavy (non-hydrogen) atoms. The van der Waals surface area contributed by atoms with E-state index >= 15 is 0 Å². The molecule has 1 N–H and O–H groups in total. The Hall–Kier alpha value is -1.63. The van der Waals surface area contributed by atoms with Gasteiger partial charge in [0.1, 0.15) is 11.6 Å². The van der Waals surface area contributed by atoms with Crippen LogP contribution in [0.4, 0.5) is 8.78 Å². The predicted octanol–water partition coefficient (Wildman–Crippen LogP) is 5.35. The van der Waals surface area contributed by atoms with Crippen LogP contribution in [0.3, 0.4) is 0 Å². The number of nitrogens with zero attached hydrogens (tertiary/aromatic N) is 2. The number of hydrogen-bond acceptors (Lipinski definition) is 3. The molecule has 2 aromatic carbocycles. The molecule has 3 nitrogen and oxygen atoms in total. The van der Waals surface area contributed by atoms with Crippen LogP contribution >= 0.6 is 11.9 Å². The van der Waals surface area contributed by atoms with Gasteiger partial charge < -0.3 is 9.67 Å². The Bertz CT molecular complexity index is 938. The normalized spacial score (nSPS) is 17.8. The first kappa shape index (κ1) is 19.7. The molecule has 6 heteroatoms. The molecule has 3 aromatic rings. The summed E-state index contributed by atoms with van der Waals surface area (Å²) in [5.74, 6) is -0.696. The molecule has 0 bridgehead atoms. The summed E-state index contributed by atoms with van der Waals surface area (Å²) in [5, 5.41) is 12.2. The number of fused-ring (bicyclic) bond motifs is 3.